The molecule has 8 heteroatoms. The number of imidazole rings is 1. The zero-order valence-electron chi connectivity index (χ0n) is 19.0. The predicted molar refractivity (Wildman–Crippen MR) is 129 cm³/mol. The van der Waals surface area contributed by atoms with Crippen LogP contribution in [0.5, 0.6) is 0 Å². The molecule has 1 aliphatic heterocycles. The average Bonchev–Trinajstić information content (AvgIpc) is 3.12. The van der Waals surface area contributed by atoms with E-state index in [1.807, 2.05) is 23.0 Å². The van der Waals surface area contributed by atoms with Gasteiger partial charge in [0.05, 0.1) is 6.20 Å². The van der Waals surface area contributed by atoms with Gasteiger partial charge in [-0.1, -0.05) is 19.3 Å². The SMILES string of the molecule is CC(C)n1c(=O)n(C2CCCCC2)c2nc(Nc3ccc(N4CCNCC4)cc3)ncc21. The van der Waals surface area contributed by atoms with Gasteiger partial charge in [-0.2, -0.15) is 4.98 Å². The molecule has 3 aromatic rings. The molecule has 2 N–H and O–H groups in total. The molecule has 0 spiro atoms. The van der Waals surface area contributed by atoms with Gasteiger partial charge in [0, 0.05) is 49.6 Å². The maximum Gasteiger partial charge on any atom is 0.330 e. The molecule has 32 heavy (non-hydrogen) atoms. The van der Waals surface area contributed by atoms with E-state index in [1.165, 1.54) is 24.9 Å². The highest BCUT2D eigenvalue weighted by Gasteiger charge is 2.25. The summed E-state index contributed by atoms with van der Waals surface area (Å²) in [6, 6.07) is 8.70. The van der Waals surface area contributed by atoms with Crippen molar-refractivity contribution in [1.29, 1.82) is 0 Å². The van der Waals surface area contributed by atoms with Gasteiger partial charge in [-0.05, 0) is 51.0 Å². The fourth-order valence-corrected chi connectivity index (χ4v) is 5.06. The van der Waals surface area contributed by atoms with Gasteiger partial charge in [-0.3, -0.25) is 9.13 Å². The Labute approximate surface area is 188 Å². The number of anilines is 3. The Morgan fingerprint density at radius 3 is 2.47 bits per heavy atom. The summed E-state index contributed by atoms with van der Waals surface area (Å²) in [5, 5.41) is 6.72. The molecule has 1 aliphatic carbocycles. The first-order chi connectivity index (χ1) is 15.6. The van der Waals surface area contributed by atoms with Crippen LogP contribution in [0.1, 0.15) is 58.0 Å². The second kappa shape index (κ2) is 8.94. The van der Waals surface area contributed by atoms with Crippen LogP contribution in [0.25, 0.3) is 11.2 Å². The molecule has 3 heterocycles. The van der Waals surface area contributed by atoms with Gasteiger partial charge in [0.2, 0.25) is 5.95 Å². The van der Waals surface area contributed by atoms with Crippen LogP contribution in [0, 0.1) is 0 Å². The van der Waals surface area contributed by atoms with Crippen LogP contribution in [0.15, 0.2) is 35.3 Å². The van der Waals surface area contributed by atoms with E-state index in [-0.39, 0.29) is 17.8 Å². The number of nitrogens with zero attached hydrogens (tertiary/aromatic N) is 5. The fourth-order valence-electron chi connectivity index (χ4n) is 5.06. The maximum atomic E-state index is 13.3. The first-order valence-electron chi connectivity index (χ1n) is 11.9. The Bertz CT molecular complexity index is 1120. The molecule has 5 rings (SSSR count). The number of fused-ring (bicyclic) bond motifs is 1. The summed E-state index contributed by atoms with van der Waals surface area (Å²) in [6.07, 6.45) is 7.46. The van der Waals surface area contributed by atoms with Crippen molar-refractivity contribution >= 4 is 28.5 Å². The van der Waals surface area contributed by atoms with Gasteiger partial charge < -0.3 is 15.5 Å². The van der Waals surface area contributed by atoms with E-state index in [9.17, 15) is 4.79 Å². The molecule has 0 amide bonds. The topological polar surface area (TPSA) is 80.0 Å². The number of hydrogen-bond acceptors (Lipinski definition) is 6. The Kier molecular flexibility index (Phi) is 5.87. The summed E-state index contributed by atoms with van der Waals surface area (Å²) in [7, 11) is 0. The van der Waals surface area contributed by atoms with Crippen LogP contribution in [-0.2, 0) is 0 Å². The molecule has 1 aromatic carbocycles. The van der Waals surface area contributed by atoms with E-state index >= 15 is 0 Å². The van der Waals surface area contributed by atoms with Crippen LogP contribution in [0.2, 0.25) is 0 Å². The Morgan fingerprint density at radius 2 is 1.78 bits per heavy atom. The minimum absolute atomic E-state index is 0.0359. The molecule has 2 aliphatic rings. The van der Waals surface area contributed by atoms with Gasteiger partial charge in [0.15, 0.2) is 5.65 Å². The van der Waals surface area contributed by atoms with Crippen molar-refractivity contribution in [3.05, 3.63) is 40.9 Å². The van der Waals surface area contributed by atoms with E-state index in [0.29, 0.717) is 5.95 Å². The molecule has 0 atom stereocenters. The Morgan fingerprint density at radius 1 is 1.06 bits per heavy atom. The van der Waals surface area contributed by atoms with Crippen molar-refractivity contribution in [3.8, 4) is 0 Å². The van der Waals surface area contributed by atoms with Gasteiger partial charge in [-0.25, -0.2) is 9.78 Å². The van der Waals surface area contributed by atoms with Crippen molar-refractivity contribution in [2.45, 2.75) is 58.0 Å². The predicted octanol–water partition coefficient (Wildman–Crippen LogP) is 3.83. The maximum absolute atomic E-state index is 13.3. The first kappa shape index (κ1) is 21.0. The zero-order valence-corrected chi connectivity index (χ0v) is 19.0. The number of rotatable bonds is 5. The lowest BCUT2D eigenvalue weighted by Crippen LogP contribution is -2.43. The molecule has 8 nitrogen and oxygen atoms in total. The van der Waals surface area contributed by atoms with Crippen molar-refractivity contribution in [2.24, 2.45) is 0 Å². The third-order valence-corrected chi connectivity index (χ3v) is 6.71. The zero-order chi connectivity index (χ0) is 22.1. The van der Waals surface area contributed by atoms with E-state index in [4.69, 9.17) is 4.98 Å². The van der Waals surface area contributed by atoms with Crippen LogP contribution >= 0.6 is 0 Å². The van der Waals surface area contributed by atoms with Gasteiger partial charge in [0.25, 0.3) is 0 Å². The highest BCUT2D eigenvalue weighted by Crippen LogP contribution is 2.30. The quantitative estimate of drug-likeness (QED) is 0.634. The minimum atomic E-state index is 0.0359. The molecule has 0 radical (unpaired) electrons. The lowest BCUT2D eigenvalue weighted by molar-refractivity contribution is 0.347. The normalized spacial score (nSPS) is 17.9. The molecular formula is C24H33N7O. The highest BCUT2D eigenvalue weighted by atomic mass is 16.2. The van der Waals surface area contributed by atoms with Crippen LogP contribution < -0.4 is 21.2 Å². The molecular weight excluding hydrogens is 402 g/mol. The molecule has 2 aromatic heterocycles. The van der Waals surface area contributed by atoms with Gasteiger partial charge in [0.1, 0.15) is 5.52 Å². The summed E-state index contributed by atoms with van der Waals surface area (Å²) in [5.74, 6) is 0.526. The molecule has 0 bridgehead atoms. The van der Waals surface area contributed by atoms with E-state index in [0.717, 1.165) is 55.9 Å². The molecule has 0 unspecified atom stereocenters. The number of aromatic nitrogens is 4. The van der Waals surface area contributed by atoms with Crippen molar-refractivity contribution < 1.29 is 0 Å². The van der Waals surface area contributed by atoms with E-state index < -0.39 is 0 Å². The molecule has 2 fully saturated rings. The standard InChI is InChI=1S/C24H33N7O/c1-17(2)30-21-16-26-23(28-22(21)31(24(30)32)20-6-4-3-5-7-20)27-18-8-10-19(11-9-18)29-14-12-25-13-15-29/h8-11,16-17,20,25H,3-7,12-15H2,1-2H3,(H,26,27,28). The minimum Gasteiger partial charge on any atom is -0.369 e. The van der Waals surface area contributed by atoms with E-state index in [2.05, 4.69) is 44.8 Å². The van der Waals surface area contributed by atoms with Crippen LogP contribution in [-0.4, -0.2) is 45.3 Å². The smallest absolute Gasteiger partial charge is 0.330 e. The molecule has 1 saturated heterocycles. The van der Waals surface area contributed by atoms with Gasteiger partial charge >= 0.3 is 5.69 Å². The lowest BCUT2D eigenvalue weighted by Gasteiger charge is -2.29. The number of hydrogen-bond donors (Lipinski definition) is 2. The monoisotopic (exact) mass is 435 g/mol. The second-order valence-corrected chi connectivity index (χ2v) is 9.22. The summed E-state index contributed by atoms with van der Waals surface area (Å²) in [5.41, 5.74) is 3.76. The van der Waals surface area contributed by atoms with Crippen molar-refractivity contribution in [2.75, 3.05) is 36.4 Å². The summed E-state index contributed by atoms with van der Waals surface area (Å²) >= 11 is 0. The lowest BCUT2D eigenvalue weighted by atomic mass is 9.95. The molecule has 170 valence electrons. The molecule has 1 saturated carbocycles. The number of nitrogens with one attached hydrogen (secondary N) is 2. The van der Waals surface area contributed by atoms with Crippen molar-refractivity contribution in [1.82, 2.24) is 24.4 Å². The Balaban J connectivity index is 1.45. The highest BCUT2D eigenvalue weighted by molar-refractivity contribution is 5.73. The van der Waals surface area contributed by atoms with Crippen molar-refractivity contribution in [3.63, 3.8) is 0 Å². The second-order valence-electron chi connectivity index (χ2n) is 9.22. The third kappa shape index (κ3) is 3.99. The van der Waals surface area contributed by atoms with Crippen LogP contribution in [0.3, 0.4) is 0 Å². The number of piperazine rings is 1. The van der Waals surface area contributed by atoms with E-state index in [1.54, 1.807) is 6.20 Å². The third-order valence-electron chi connectivity index (χ3n) is 6.71. The average molecular weight is 436 g/mol. The summed E-state index contributed by atoms with van der Waals surface area (Å²) < 4.78 is 3.75. The first-order valence-corrected chi connectivity index (χ1v) is 11.9. The van der Waals surface area contributed by atoms with Crippen LogP contribution in [0.4, 0.5) is 17.3 Å². The largest absolute Gasteiger partial charge is 0.369 e. The summed E-state index contributed by atoms with van der Waals surface area (Å²) in [6.45, 7) is 8.17. The summed E-state index contributed by atoms with van der Waals surface area (Å²) in [4.78, 5) is 25.1. The number of benzene rings is 1. The van der Waals surface area contributed by atoms with Gasteiger partial charge in [-0.15, -0.1) is 0 Å². The fraction of sp³-hybridized carbons (Fsp3) is 0.542. The Hall–Kier alpha value is -2.87.